The Labute approximate surface area is 157 Å². The molecule has 0 saturated carbocycles. The minimum Gasteiger partial charge on any atom is -0.502 e. The molecule has 0 aliphatic carbocycles. The Bertz CT molecular complexity index is 714. The predicted octanol–water partition coefficient (Wildman–Crippen LogP) is 1.90. The Balaban J connectivity index is 2.39. The summed E-state index contributed by atoms with van der Waals surface area (Å²) >= 11 is 0. The van der Waals surface area contributed by atoms with E-state index in [-0.39, 0.29) is 23.0 Å². The fraction of sp³-hybridized carbons (Fsp3) is 0.368. The smallest absolute Gasteiger partial charge is 0.203 e. The van der Waals surface area contributed by atoms with E-state index in [1.807, 2.05) is 0 Å². The van der Waals surface area contributed by atoms with Gasteiger partial charge in [-0.2, -0.15) is 0 Å². The molecule has 3 N–H and O–H groups in total. The molecule has 0 saturated heterocycles. The van der Waals surface area contributed by atoms with Gasteiger partial charge in [-0.25, -0.2) is 0 Å². The van der Waals surface area contributed by atoms with Crippen molar-refractivity contribution in [2.45, 2.75) is 12.2 Å². The van der Waals surface area contributed by atoms with Gasteiger partial charge in [0.25, 0.3) is 0 Å². The number of rotatable bonds is 9. The Morgan fingerprint density at radius 1 is 0.852 bits per heavy atom. The maximum atomic E-state index is 10.7. The molecule has 2 aromatic rings. The number of methoxy groups -OCH3 is 4. The van der Waals surface area contributed by atoms with E-state index < -0.39 is 18.8 Å². The number of phenols is 1. The van der Waals surface area contributed by atoms with Crippen LogP contribution in [0.1, 0.15) is 11.7 Å². The Morgan fingerprint density at radius 2 is 1.33 bits per heavy atom. The second-order valence-corrected chi connectivity index (χ2v) is 5.55. The van der Waals surface area contributed by atoms with Crippen LogP contribution in [-0.4, -0.2) is 56.5 Å². The van der Waals surface area contributed by atoms with Crippen molar-refractivity contribution in [2.24, 2.45) is 0 Å². The van der Waals surface area contributed by atoms with Crippen molar-refractivity contribution in [1.82, 2.24) is 0 Å². The van der Waals surface area contributed by atoms with E-state index in [1.54, 1.807) is 18.2 Å². The predicted molar refractivity (Wildman–Crippen MR) is 97.2 cm³/mol. The summed E-state index contributed by atoms with van der Waals surface area (Å²) in [6.45, 7) is -0.492. The molecule has 8 heteroatoms. The third kappa shape index (κ3) is 4.29. The molecule has 2 aromatic carbocycles. The van der Waals surface area contributed by atoms with Crippen molar-refractivity contribution in [3.8, 4) is 34.5 Å². The average Bonchev–Trinajstić information content (AvgIpc) is 2.71. The summed E-state index contributed by atoms with van der Waals surface area (Å²) in [5, 5.41) is 30.5. The van der Waals surface area contributed by atoms with Crippen molar-refractivity contribution in [3.63, 3.8) is 0 Å². The first-order valence-electron chi connectivity index (χ1n) is 8.12. The van der Waals surface area contributed by atoms with Crippen molar-refractivity contribution in [1.29, 1.82) is 0 Å². The Morgan fingerprint density at radius 3 is 1.74 bits per heavy atom. The molecule has 0 amide bonds. The van der Waals surface area contributed by atoms with E-state index >= 15 is 0 Å². The van der Waals surface area contributed by atoms with Gasteiger partial charge >= 0.3 is 0 Å². The number of benzene rings is 2. The molecule has 0 bridgehead atoms. The lowest BCUT2D eigenvalue weighted by Gasteiger charge is -2.25. The molecule has 0 radical (unpaired) electrons. The van der Waals surface area contributed by atoms with Gasteiger partial charge in [0.15, 0.2) is 29.1 Å². The molecule has 0 spiro atoms. The first-order valence-corrected chi connectivity index (χ1v) is 8.12. The zero-order valence-corrected chi connectivity index (χ0v) is 15.6. The van der Waals surface area contributed by atoms with Crippen LogP contribution in [0.2, 0.25) is 0 Å². The monoisotopic (exact) mass is 380 g/mol. The number of hydrogen-bond acceptors (Lipinski definition) is 8. The van der Waals surface area contributed by atoms with E-state index in [0.29, 0.717) is 17.1 Å². The van der Waals surface area contributed by atoms with Crippen molar-refractivity contribution in [3.05, 3.63) is 35.9 Å². The van der Waals surface area contributed by atoms with Gasteiger partial charge in [-0.1, -0.05) is 6.07 Å². The van der Waals surface area contributed by atoms with Crippen LogP contribution in [0.15, 0.2) is 30.3 Å². The van der Waals surface area contributed by atoms with Crippen LogP contribution in [0, 0.1) is 0 Å². The summed E-state index contributed by atoms with van der Waals surface area (Å²) in [5.41, 5.74) is 0.328. The molecule has 2 rings (SSSR count). The topological polar surface area (TPSA) is 107 Å². The second kappa shape index (κ2) is 9.20. The van der Waals surface area contributed by atoms with Crippen LogP contribution < -0.4 is 23.7 Å². The molecular weight excluding hydrogens is 356 g/mol. The maximum Gasteiger partial charge on any atom is 0.203 e. The normalized spacial score (nSPS) is 12.8. The number of hydrogen-bond donors (Lipinski definition) is 3. The van der Waals surface area contributed by atoms with Gasteiger partial charge in [0.2, 0.25) is 11.5 Å². The molecular formula is C19H24O8. The average molecular weight is 380 g/mol. The first-order chi connectivity index (χ1) is 13.0. The third-order valence-electron chi connectivity index (χ3n) is 4.03. The van der Waals surface area contributed by atoms with Gasteiger partial charge in [0.1, 0.15) is 6.10 Å². The summed E-state index contributed by atoms with van der Waals surface area (Å²) < 4.78 is 26.5. The molecule has 0 aliphatic heterocycles. The molecule has 0 fully saturated rings. The number of aliphatic hydroxyl groups excluding tert-OH is 2. The zero-order chi connectivity index (χ0) is 20.0. The minimum atomic E-state index is -1.26. The molecule has 0 aromatic heterocycles. The Hall–Kier alpha value is -2.84. The van der Waals surface area contributed by atoms with Gasteiger partial charge in [-0.3, -0.25) is 0 Å². The van der Waals surface area contributed by atoms with Crippen LogP contribution in [0.3, 0.4) is 0 Å². The van der Waals surface area contributed by atoms with Gasteiger partial charge < -0.3 is 39.0 Å². The molecule has 148 valence electrons. The highest BCUT2D eigenvalue weighted by Gasteiger charge is 2.27. The SMILES string of the molecule is COc1cc([C@@H](O)[C@@H](CO)Oc2c(OC)cccc2OC)cc(OC)c1O. The summed E-state index contributed by atoms with van der Waals surface area (Å²) in [5.74, 6) is 1.08. The molecule has 27 heavy (non-hydrogen) atoms. The summed E-state index contributed by atoms with van der Waals surface area (Å²) in [7, 11) is 5.71. The first kappa shape index (κ1) is 20.5. The van der Waals surface area contributed by atoms with Gasteiger partial charge in [-0.15, -0.1) is 0 Å². The van der Waals surface area contributed by atoms with Crippen LogP contribution in [-0.2, 0) is 0 Å². The lowest BCUT2D eigenvalue weighted by atomic mass is 10.0. The largest absolute Gasteiger partial charge is 0.502 e. The highest BCUT2D eigenvalue weighted by atomic mass is 16.6. The van der Waals surface area contributed by atoms with Crippen LogP contribution >= 0.6 is 0 Å². The van der Waals surface area contributed by atoms with E-state index in [2.05, 4.69) is 0 Å². The standard InChI is InChI=1S/C19H24O8/c1-23-12-6-5-7-13(24-2)19(12)27-16(10-20)17(21)11-8-14(25-3)18(22)15(9-11)26-4/h5-9,16-17,20-22H,10H2,1-4H3/t16-,17-/m1/s1. The van der Waals surface area contributed by atoms with E-state index in [9.17, 15) is 15.3 Å². The number of phenolic OH excluding ortho intramolecular Hbond substituents is 1. The van der Waals surface area contributed by atoms with Gasteiger partial charge in [0.05, 0.1) is 35.0 Å². The zero-order valence-electron chi connectivity index (χ0n) is 15.6. The van der Waals surface area contributed by atoms with E-state index in [0.717, 1.165) is 0 Å². The lowest BCUT2D eigenvalue weighted by molar-refractivity contribution is -0.00184. The summed E-state index contributed by atoms with van der Waals surface area (Å²) in [6.07, 6.45) is -2.30. The van der Waals surface area contributed by atoms with E-state index in [4.69, 9.17) is 23.7 Å². The lowest BCUT2D eigenvalue weighted by Crippen LogP contribution is -2.29. The quantitative estimate of drug-likeness (QED) is 0.606. The maximum absolute atomic E-state index is 10.7. The van der Waals surface area contributed by atoms with Gasteiger partial charge in [-0.05, 0) is 29.8 Å². The Kier molecular flexibility index (Phi) is 6.98. The van der Waals surface area contributed by atoms with Crippen molar-refractivity contribution >= 4 is 0 Å². The highest BCUT2D eigenvalue weighted by molar-refractivity contribution is 5.54. The van der Waals surface area contributed by atoms with Crippen LogP contribution in [0.25, 0.3) is 0 Å². The number of para-hydroxylation sites is 1. The molecule has 8 nitrogen and oxygen atoms in total. The van der Waals surface area contributed by atoms with E-state index in [1.165, 1.54) is 40.6 Å². The van der Waals surface area contributed by atoms with Crippen molar-refractivity contribution in [2.75, 3.05) is 35.0 Å². The van der Waals surface area contributed by atoms with Crippen LogP contribution in [0.5, 0.6) is 34.5 Å². The molecule has 0 unspecified atom stereocenters. The third-order valence-corrected chi connectivity index (χ3v) is 4.03. The fourth-order valence-electron chi connectivity index (χ4n) is 2.59. The molecule has 2 atom stereocenters. The second-order valence-electron chi connectivity index (χ2n) is 5.55. The highest BCUT2D eigenvalue weighted by Crippen LogP contribution is 2.41. The number of aromatic hydroxyl groups is 1. The number of ether oxygens (including phenoxy) is 5. The van der Waals surface area contributed by atoms with Crippen LogP contribution in [0.4, 0.5) is 0 Å². The van der Waals surface area contributed by atoms with Gasteiger partial charge in [0, 0.05) is 0 Å². The fourth-order valence-corrected chi connectivity index (χ4v) is 2.59. The molecule has 0 aliphatic rings. The minimum absolute atomic E-state index is 0.120. The molecule has 0 heterocycles. The summed E-state index contributed by atoms with van der Waals surface area (Å²) in [4.78, 5) is 0. The number of aliphatic hydroxyl groups is 2. The summed E-state index contributed by atoms with van der Waals surface area (Å²) in [6, 6.07) is 7.95. The van der Waals surface area contributed by atoms with Crippen molar-refractivity contribution < 1.29 is 39.0 Å².